The summed E-state index contributed by atoms with van der Waals surface area (Å²) >= 11 is 0. The van der Waals surface area contributed by atoms with Gasteiger partial charge in [0.15, 0.2) is 0 Å². The zero-order chi connectivity index (χ0) is 13.8. The number of carboxylic acids is 1. The minimum atomic E-state index is -0.803. The number of carbonyl (C=O) groups excluding carboxylic acids is 1. The maximum atomic E-state index is 12.1. The standard InChI is InChI=1S/C13H24N2O3/c1-3-5-6-10(14)11(16)15-8-7-13(4-2,9-15)12(17)18/h10H,3-9,14H2,1-2H3,(H,17,18)/t10-,13?/m0/s1. The van der Waals surface area contributed by atoms with E-state index in [0.29, 0.717) is 32.4 Å². The van der Waals surface area contributed by atoms with E-state index in [1.807, 2.05) is 6.92 Å². The molecule has 1 fully saturated rings. The lowest BCUT2D eigenvalue weighted by atomic mass is 9.84. The predicted molar refractivity (Wildman–Crippen MR) is 69.1 cm³/mol. The van der Waals surface area contributed by atoms with Crippen molar-refractivity contribution in [2.45, 2.75) is 52.0 Å². The molecule has 0 spiro atoms. The fraction of sp³-hybridized carbons (Fsp3) is 0.846. The summed E-state index contributed by atoms with van der Waals surface area (Å²) in [6, 6.07) is -0.480. The summed E-state index contributed by atoms with van der Waals surface area (Å²) in [5.41, 5.74) is 5.09. The molecule has 0 aliphatic carbocycles. The van der Waals surface area contributed by atoms with E-state index in [2.05, 4.69) is 6.92 Å². The second kappa shape index (κ2) is 6.18. The molecule has 0 aromatic heterocycles. The molecule has 1 amide bonds. The van der Waals surface area contributed by atoms with Gasteiger partial charge in [0.1, 0.15) is 0 Å². The Labute approximate surface area is 108 Å². The smallest absolute Gasteiger partial charge is 0.311 e. The van der Waals surface area contributed by atoms with Crippen LogP contribution in [0.5, 0.6) is 0 Å². The fourth-order valence-corrected chi connectivity index (χ4v) is 2.46. The van der Waals surface area contributed by atoms with Crippen molar-refractivity contribution in [2.24, 2.45) is 11.1 Å². The minimum Gasteiger partial charge on any atom is -0.481 e. The van der Waals surface area contributed by atoms with Crippen molar-refractivity contribution < 1.29 is 14.7 Å². The average molecular weight is 256 g/mol. The van der Waals surface area contributed by atoms with Crippen LogP contribution in [0.15, 0.2) is 0 Å². The molecule has 104 valence electrons. The van der Waals surface area contributed by atoms with E-state index in [0.717, 1.165) is 12.8 Å². The molecule has 0 radical (unpaired) electrons. The Morgan fingerprint density at radius 1 is 1.44 bits per heavy atom. The van der Waals surface area contributed by atoms with Crippen molar-refractivity contribution >= 4 is 11.9 Å². The summed E-state index contributed by atoms with van der Waals surface area (Å²) in [5, 5.41) is 9.27. The molecular weight excluding hydrogens is 232 g/mol. The van der Waals surface area contributed by atoms with Gasteiger partial charge in [-0.05, 0) is 19.3 Å². The van der Waals surface area contributed by atoms with Crippen LogP contribution in [-0.4, -0.2) is 41.0 Å². The number of amides is 1. The van der Waals surface area contributed by atoms with E-state index in [9.17, 15) is 14.7 Å². The van der Waals surface area contributed by atoms with Gasteiger partial charge in [0.2, 0.25) is 5.91 Å². The fourth-order valence-electron chi connectivity index (χ4n) is 2.46. The number of aliphatic carboxylic acids is 1. The van der Waals surface area contributed by atoms with E-state index >= 15 is 0 Å². The molecule has 0 aromatic carbocycles. The Balaban J connectivity index is 2.60. The summed E-state index contributed by atoms with van der Waals surface area (Å²) in [7, 11) is 0. The molecule has 5 nitrogen and oxygen atoms in total. The Kier molecular flexibility index (Phi) is 5.14. The van der Waals surface area contributed by atoms with Crippen LogP contribution >= 0.6 is 0 Å². The maximum absolute atomic E-state index is 12.1. The van der Waals surface area contributed by atoms with Crippen LogP contribution in [0.4, 0.5) is 0 Å². The van der Waals surface area contributed by atoms with Gasteiger partial charge in [-0.3, -0.25) is 9.59 Å². The number of hydrogen-bond donors (Lipinski definition) is 2. The number of rotatable bonds is 6. The Morgan fingerprint density at radius 3 is 2.56 bits per heavy atom. The SMILES string of the molecule is CCCC[C@H](N)C(=O)N1CCC(CC)(C(=O)O)C1. The summed E-state index contributed by atoms with van der Waals surface area (Å²) in [5.74, 6) is -0.901. The lowest BCUT2D eigenvalue weighted by Gasteiger charge is -2.24. The molecule has 2 atom stereocenters. The number of likely N-dealkylation sites (tertiary alicyclic amines) is 1. The highest BCUT2D eigenvalue weighted by Gasteiger charge is 2.45. The van der Waals surface area contributed by atoms with Crippen LogP contribution in [0.2, 0.25) is 0 Å². The van der Waals surface area contributed by atoms with Crippen LogP contribution in [0.1, 0.15) is 46.0 Å². The molecule has 0 bridgehead atoms. The highest BCUT2D eigenvalue weighted by atomic mass is 16.4. The van der Waals surface area contributed by atoms with Crippen LogP contribution in [0, 0.1) is 5.41 Å². The zero-order valence-electron chi connectivity index (χ0n) is 11.3. The van der Waals surface area contributed by atoms with Crippen molar-refractivity contribution in [3.05, 3.63) is 0 Å². The lowest BCUT2D eigenvalue weighted by Crippen LogP contribution is -2.44. The molecule has 1 heterocycles. The van der Waals surface area contributed by atoms with Gasteiger partial charge in [-0.1, -0.05) is 26.7 Å². The normalized spacial score (nSPS) is 25.2. The Bertz CT molecular complexity index is 319. The van der Waals surface area contributed by atoms with Crippen molar-refractivity contribution in [2.75, 3.05) is 13.1 Å². The molecule has 1 rings (SSSR count). The van der Waals surface area contributed by atoms with Crippen molar-refractivity contribution in [3.63, 3.8) is 0 Å². The Morgan fingerprint density at radius 2 is 2.11 bits per heavy atom. The third kappa shape index (κ3) is 3.02. The average Bonchev–Trinajstić information content (AvgIpc) is 2.80. The second-order valence-electron chi connectivity index (χ2n) is 5.20. The molecule has 1 aliphatic heterocycles. The van der Waals surface area contributed by atoms with E-state index in [-0.39, 0.29) is 5.91 Å². The number of nitrogens with two attached hydrogens (primary N) is 1. The number of nitrogens with zero attached hydrogens (tertiary/aromatic N) is 1. The van der Waals surface area contributed by atoms with Gasteiger partial charge in [0, 0.05) is 13.1 Å². The summed E-state index contributed by atoms with van der Waals surface area (Å²) < 4.78 is 0. The molecule has 1 unspecified atom stereocenters. The minimum absolute atomic E-state index is 0.0972. The topological polar surface area (TPSA) is 83.6 Å². The quantitative estimate of drug-likeness (QED) is 0.748. The van der Waals surface area contributed by atoms with E-state index in [1.54, 1.807) is 4.90 Å². The first kappa shape index (κ1) is 15.0. The molecular formula is C13H24N2O3. The maximum Gasteiger partial charge on any atom is 0.311 e. The van der Waals surface area contributed by atoms with Gasteiger partial charge in [-0.2, -0.15) is 0 Å². The monoisotopic (exact) mass is 256 g/mol. The van der Waals surface area contributed by atoms with Gasteiger partial charge < -0.3 is 15.7 Å². The molecule has 1 saturated heterocycles. The van der Waals surface area contributed by atoms with Crippen LogP contribution < -0.4 is 5.73 Å². The molecule has 0 saturated carbocycles. The number of carbonyl (C=O) groups is 2. The molecule has 0 aromatic rings. The third-order valence-electron chi connectivity index (χ3n) is 3.98. The van der Waals surface area contributed by atoms with Crippen molar-refractivity contribution in [3.8, 4) is 0 Å². The van der Waals surface area contributed by atoms with Crippen LogP contribution in [0.3, 0.4) is 0 Å². The zero-order valence-corrected chi connectivity index (χ0v) is 11.3. The molecule has 18 heavy (non-hydrogen) atoms. The second-order valence-corrected chi connectivity index (χ2v) is 5.20. The van der Waals surface area contributed by atoms with E-state index in [1.165, 1.54) is 0 Å². The highest BCUT2D eigenvalue weighted by Crippen LogP contribution is 2.34. The van der Waals surface area contributed by atoms with Crippen LogP contribution in [-0.2, 0) is 9.59 Å². The molecule has 1 aliphatic rings. The molecule has 3 N–H and O–H groups in total. The van der Waals surface area contributed by atoms with Crippen LogP contribution in [0.25, 0.3) is 0 Å². The van der Waals surface area contributed by atoms with Gasteiger partial charge in [-0.15, -0.1) is 0 Å². The highest BCUT2D eigenvalue weighted by molar-refractivity contribution is 5.84. The van der Waals surface area contributed by atoms with E-state index in [4.69, 9.17) is 5.73 Å². The number of carboxylic acid groups (broad SMARTS) is 1. The lowest BCUT2D eigenvalue weighted by molar-refractivity contribution is -0.148. The first-order valence-corrected chi connectivity index (χ1v) is 6.74. The van der Waals surface area contributed by atoms with Gasteiger partial charge in [-0.25, -0.2) is 0 Å². The number of unbranched alkanes of at least 4 members (excludes halogenated alkanes) is 1. The van der Waals surface area contributed by atoms with Crippen molar-refractivity contribution in [1.29, 1.82) is 0 Å². The number of hydrogen-bond acceptors (Lipinski definition) is 3. The third-order valence-corrected chi connectivity index (χ3v) is 3.98. The first-order chi connectivity index (χ1) is 8.46. The van der Waals surface area contributed by atoms with Gasteiger partial charge in [0.05, 0.1) is 11.5 Å². The Hall–Kier alpha value is -1.10. The van der Waals surface area contributed by atoms with Gasteiger partial charge in [0.25, 0.3) is 0 Å². The summed E-state index contributed by atoms with van der Waals surface area (Å²) in [6.45, 7) is 4.73. The first-order valence-electron chi connectivity index (χ1n) is 6.74. The van der Waals surface area contributed by atoms with E-state index < -0.39 is 17.4 Å². The van der Waals surface area contributed by atoms with Gasteiger partial charge >= 0.3 is 5.97 Å². The summed E-state index contributed by atoms with van der Waals surface area (Å²) in [4.78, 5) is 25.0. The van der Waals surface area contributed by atoms with Crippen molar-refractivity contribution in [1.82, 2.24) is 4.90 Å². The largest absolute Gasteiger partial charge is 0.481 e. The summed E-state index contributed by atoms with van der Waals surface area (Å²) in [6.07, 6.45) is 3.70. The predicted octanol–water partition coefficient (Wildman–Crippen LogP) is 1.22. The molecule has 5 heteroatoms.